The van der Waals surface area contributed by atoms with Crippen LogP contribution in [0.15, 0.2) is 12.1 Å². The summed E-state index contributed by atoms with van der Waals surface area (Å²) in [6.45, 7) is 14.1. The van der Waals surface area contributed by atoms with Gasteiger partial charge in [-0.1, -0.05) is 0 Å². The van der Waals surface area contributed by atoms with Crippen molar-refractivity contribution in [2.24, 2.45) is 0 Å². The van der Waals surface area contributed by atoms with Gasteiger partial charge >= 0.3 is 200 Å². The van der Waals surface area contributed by atoms with Crippen LogP contribution in [0.5, 0.6) is 0 Å². The number of aryl methyl sites for hydroxylation is 2. The summed E-state index contributed by atoms with van der Waals surface area (Å²) in [6.07, 6.45) is 18.5. The molecule has 0 radical (unpaired) electrons. The first kappa shape index (κ1) is 26.0. The second-order valence-corrected chi connectivity index (χ2v) is 14.0. The molecule has 0 fully saturated rings. The molecular weight excluding hydrogens is 494 g/mol. The summed E-state index contributed by atoms with van der Waals surface area (Å²) in [5.74, 6) is 1.39. The molecule has 0 nitrogen and oxygen atoms in total. The van der Waals surface area contributed by atoms with Crippen LogP contribution in [0.4, 0.5) is 0 Å². The Hall–Kier alpha value is -0.261. The Balaban J connectivity index is 2.19. The van der Waals surface area contributed by atoms with Crippen molar-refractivity contribution in [2.45, 2.75) is 118 Å². The maximum atomic E-state index is 2.56. The van der Waals surface area contributed by atoms with E-state index in [2.05, 4.69) is 65.8 Å². The Kier molecular flexibility index (Phi) is 12.1. The quantitative estimate of drug-likeness (QED) is 0.167. The van der Waals surface area contributed by atoms with E-state index in [-0.39, 0.29) is 0 Å². The van der Waals surface area contributed by atoms with E-state index in [1.54, 1.807) is 28.9 Å². The summed E-state index contributed by atoms with van der Waals surface area (Å²) < 4.78 is 6.71. The van der Waals surface area contributed by atoms with E-state index < -0.39 is 0 Å². The molecule has 2 heterocycles. The van der Waals surface area contributed by atoms with Gasteiger partial charge in [0.05, 0.1) is 0 Å². The fraction of sp³-hybridized carbons (Fsp3) is 0.643. The Morgan fingerprint density at radius 2 is 1.03 bits per heavy atom. The zero-order chi connectivity index (χ0) is 21.9. The second-order valence-electron chi connectivity index (χ2n) is 9.34. The molecule has 0 aliphatic carbocycles. The Bertz CT molecular complexity index is 693. The molecule has 2 heteroatoms. The molecule has 2 aromatic heterocycles. The molecule has 0 saturated carbocycles. The van der Waals surface area contributed by atoms with Gasteiger partial charge in [0.2, 0.25) is 0 Å². The topological polar surface area (TPSA) is 0 Å². The summed E-state index contributed by atoms with van der Waals surface area (Å²) in [7, 11) is 0. The van der Waals surface area contributed by atoms with Gasteiger partial charge in [-0.15, -0.1) is 0 Å². The van der Waals surface area contributed by atoms with Crippen LogP contribution in [0.1, 0.15) is 134 Å². The van der Waals surface area contributed by atoms with Crippen molar-refractivity contribution in [3.05, 3.63) is 41.0 Å². The van der Waals surface area contributed by atoms with Crippen LogP contribution in [-0.4, -0.2) is 29.0 Å². The van der Waals surface area contributed by atoms with E-state index in [1.165, 1.54) is 64.2 Å². The van der Waals surface area contributed by atoms with Crippen LogP contribution in [0.3, 0.4) is 0 Å². The van der Waals surface area contributed by atoms with Crippen LogP contribution in [0.25, 0.3) is 12.2 Å². The summed E-state index contributed by atoms with van der Waals surface area (Å²) in [5, 5.41) is 0. The van der Waals surface area contributed by atoms with Crippen molar-refractivity contribution in [3.8, 4) is 0 Å². The molecule has 0 atom stereocenters. The monoisotopic (exact) mass is 540 g/mol. The van der Waals surface area contributed by atoms with Crippen LogP contribution < -0.4 is 0 Å². The molecule has 30 heavy (non-hydrogen) atoms. The van der Waals surface area contributed by atoms with E-state index in [1.807, 2.05) is 0 Å². The maximum absolute atomic E-state index is 2.56. The predicted octanol–water partition coefficient (Wildman–Crippen LogP) is 8.46. The van der Waals surface area contributed by atoms with Crippen molar-refractivity contribution in [1.29, 1.82) is 0 Å². The average molecular weight is 539 g/mol. The normalized spacial score (nSPS) is 12.1. The minimum absolute atomic E-state index is 0.534. The first-order chi connectivity index (χ1) is 14.5. The number of hydrogen-bond donors (Lipinski definition) is 0. The van der Waals surface area contributed by atoms with Crippen LogP contribution in [0.2, 0.25) is 0 Å². The zero-order valence-electron chi connectivity index (χ0n) is 20.4. The van der Waals surface area contributed by atoms with Crippen molar-refractivity contribution < 1.29 is 0 Å². The molecule has 0 bridgehead atoms. The molecule has 0 aromatic carbocycles. The van der Waals surface area contributed by atoms with Crippen molar-refractivity contribution in [3.63, 3.8) is 0 Å². The molecule has 0 N–H and O–H groups in total. The molecule has 2 aromatic rings. The van der Waals surface area contributed by atoms with Crippen molar-refractivity contribution in [1.82, 2.24) is 0 Å². The molecular formula is C28H44Se2. The summed E-state index contributed by atoms with van der Waals surface area (Å²) >= 11 is 1.07. The molecule has 0 unspecified atom stereocenters. The van der Waals surface area contributed by atoms with Gasteiger partial charge in [0.15, 0.2) is 0 Å². The molecule has 0 aliphatic heterocycles. The third-order valence-electron chi connectivity index (χ3n) is 5.85. The number of unbranched alkanes of at least 4 members (excludes halogenated alkanes) is 6. The first-order valence-corrected chi connectivity index (χ1v) is 15.8. The molecule has 2 rings (SSSR count). The predicted molar refractivity (Wildman–Crippen MR) is 140 cm³/mol. The fourth-order valence-electron chi connectivity index (χ4n) is 3.81. The van der Waals surface area contributed by atoms with Gasteiger partial charge < -0.3 is 0 Å². The molecule has 0 spiro atoms. The van der Waals surface area contributed by atoms with Gasteiger partial charge in [-0.2, -0.15) is 0 Å². The summed E-state index contributed by atoms with van der Waals surface area (Å²) in [4.78, 5) is 0. The third-order valence-corrected chi connectivity index (χ3v) is 11.9. The summed E-state index contributed by atoms with van der Waals surface area (Å²) in [6, 6.07) is 5.13. The van der Waals surface area contributed by atoms with Crippen molar-refractivity contribution >= 4 is 41.2 Å². The van der Waals surface area contributed by atoms with Crippen LogP contribution in [-0.2, 0) is 12.8 Å². The molecule has 0 amide bonds. The third kappa shape index (κ3) is 8.35. The second kappa shape index (κ2) is 14.0. The molecule has 168 valence electrons. The number of hydrogen-bond acceptors (Lipinski definition) is 0. The van der Waals surface area contributed by atoms with Gasteiger partial charge in [-0.3, -0.25) is 0 Å². The van der Waals surface area contributed by atoms with Crippen LogP contribution in [0, 0.1) is 0 Å². The van der Waals surface area contributed by atoms with Gasteiger partial charge in [-0.05, 0) is 0 Å². The minimum atomic E-state index is 0.534. The first-order valence-electron chi connectivity index (χ1n) is 12.4. The van der Waals surface area contributed by atoms with Crippen molar-refractivity contribution in [2.75, 3.05) is 0 Å². The Morgan fingerprint density at radius 1 is 0.633 bits per heavy atom. The van der Waals surface area contributed by atoms with Gasteiger partial charge in [0.1, 0.15) is 0 Å². The SMILES string of the molecule is CCCCCCc1cc(C(C)C)[se]c1/C=C/c1[se]c(C(C)C)cc1CCCCCC. The molecule has 0 aliphatic rings. The van der Waals surface area contributed by atoms with E-state index >= 15 is 0 Å². The Labute approximate surface area is 199 Å². The van der Waals surface area contributed by atoms with Gasteiger partial charge in [-0.25, -0.2) is 0 Å². The van der Waals surface area contributed by atoms with E-state index in [0.29, 0.717) is 40.8 Å². The van der Waals surface area contributed by atoms with E-state index in [0.717, 1.165) is 0 Å². The average Bonchev–Trinajstić information content (AvgIpc) is 3.31. The fourth-order valence-corrected chi connectivity index (χ4v) is 8.50. The zero-order valence-corrected chi connectivity index (χ0v) is 23.8. The standard InChI is InChI=1S/C28H44Se2/c1-7-9-11-13-15-23-19-27(21(3)4)29-25(23)17-18-26-24(16-14-12-10-8-2)20-28(30-26)22(5)6/h17-22H,7-16H2,1-6H3/b18-17+. The molecule has 0 saturated heterocycles. The van der Waals surface area contributed by atoms with E-state index in [4.69, 9.17) is 0 Å². The number of rotatable bonds is 14. The Morgan fingerprint density at radius 3 is 1.37 bits per heavy atom. The van der Waals surface area contributed by atoms with Gasteiger partial charge in [0, 0.05) is 0 Å². The van der Waals surface area contributed by atoms with Crippen LogP contribution >= 0.6 is 0 Å². The van der Waals surface area contributed by atoms with E-state index in [9.17, 15) is 0 Å². The van der Waals surface area contributed by atoms with Gasteiger partial charge in [0.25, 0.3) is 0 Å². The summed E-state index contributed by atoms with van der Waals surface area (Å²) in [5.41, 5.74) is 3.30.